The predicted molar refractivity (Wildman–Crippen MR) is 109 cm³/mol. The number of amides is 2. The second-order valence-electron chi connectivity index (χ2n) is 6.77. The molecule has 2 heterocycles. The van der Waals surface area contributed by atoms with Gasteiger partial charge in [0.15, 0.2) is 0 Å². The van der Waals surface area contributed by atoms with Crippen LogP contribution in [-0.2, 0) is 4.84 Å². The van der Waals surface area contributed by atoms with Crippen molar-refractivity contribution >= 4 is 53.5 Å². The Morgan fingerprint density at radius 2 is 2.14 bits per heavy atom. The topological polar surface area (TPSA) is 122 Å². The first-order valence-electron chi connectivity index (χ1n) is 8.12. The number of nitrogens with one attached hydrogen (secondary N) is 2. The van der Waals surface area contributed by atoms with Crippen LogP contribution < -0.4 is 21.4 Å². The molecule has 2 amide bonds. The number of hydrogen-bond donors (Lipinski definition) is 3. The molecule has 1 aliphatic rings. The molecule has 11 heteroatoms. The molecule has 0 bridgehead atoms. The van der Waals surface area contributed by atoms with Gasteiger partial charge in [0.05, 0.1) is 17.8 Å². The number of hydrogen-bond acceptors (Lipinski definition) is 7. The third-order valence-corrected chi connectivity index (χ3v) is 4.44. The first kappa shape index (κ1) is 21.5. The maximum Gasteiger partial charge on any atom is 0.368 e. The first-order chi connectivity index (χ1) is 12.7. The SMILES string of the molecule is Cc1c(Cl)cccc1NOC(=O)c1cnc(N2CC(C)(C)NC2=O)nc1N.Cl. The number of anilines is 3. The van der Waals surface area contributed by atoms with E-state index in [4.69, 9.17) is 22.2 Å². The monoisotopic (exact) mass is 426 g/mol. The fourth-order valence-corrected chi connectivity index (χ4v) is 2.75. The van der Waals surface area contributed by atoms with Crippen LogP contribution in [0.15, 0.2) is 24.4 Å². The Morgan fingerprint density at radius 1 is 1.43 bits per heavy atom. The number of rotatable bonds is 4. The zero-order chi connectivity index (χ0) is 19.8. The Hall–Kier alpha value is -2.78. The van der Waals surface area contributed by atoms with E-state index in [-0.39, 0.29) is 35.8 Å². The lowest BCUT2D eigenvalue weighted by molar-refractivity contribution is 0.0596. The van der Waals surface area contributed by atoms with Gasteiger partial charge in [-0.05, 0) is 38.5 Å². The van der Waals surface area contributed by atoms with E-state index in [2.05, 4.69) is 20.8 Å². The van der Waals surface area contributed by atoms with Crippen molar-refractivity contribution in [3.05, 3.63) is 40.5 Å². The molecule has 3 rings (SSSR count). The minimum Gasteiger partial charge on any atom is -0.383 e. The summed E-state index contributed by atoms with van der Waals surface area (Å²) in [5, 5.41) is 3.34. The van der Waals surface area contributed by atoms with Gasteiger partial charge in [-0.3, -0.25) is 4.90 Å². The van der Waals surface area contributed by atoms with Crippen LogP contribution in [0, 0.1) is 6.92 Å². The fourth-order valence-electron chi connectivity index (χ4n) is 2.57. The van der Waals surface area contributed by atoms with E-state index in [1.165, 1.54) is 11.1 Å². The highest BCUT2D eigenvalue weighted by molar-refractivity contribution is 6.31. The van der Waals surface area contributed by atoms with Crippen molar-refractivity contribution < 1.29 is 14.4 Å². The minimum atomic E-state index is -0.760. The molecule has 0 saturated carbocycles. The average molecular weight is 427 g/mol. The normalized spacial score (nSPS) is 14.9. The Kier molecular flexibility index (Phi) is 6.20. The van der Waals surface area contributed by atoms with Gasteiger partial charge in [-0.1, -0.05) is 17.7 Å². The van der Waals surface area contributed by atoms with Gasteiger partial charge in [0, 0.05) is 11.2 Å². The number of carbonyl (C=O) groups is 2. The standard InChI is InChI=1S/C17H19ClN6O3.ClH/c1-9-11(18)5-4-6-12(9)23-27-14(25)10-7-20-15(21-13(10)19)24-8-17(2,3)22-16(24)26;/h4-7,23H,8H2,1-3H3,(H,22,26)(H2,19,20,21);1H. The molecule has 1 saturated heterocycles. The highest BCUT2D eigenvalue weighted by Gasteiger charge is 2.37. The molecule has 0 aliphatic carbocycles. The second-order valence-corrected chi connectivity index (χ2v) is 7.18. The molecule has 4 N–H and O–H groups in total. The molecule has 0 atom stereocenters. The van der Waals surface area contributed by atoms with Crippen molar-refractivity contribution in [2.75, 3.05) is 22.7 Å². The van der Waals surface area contributed by atoms with E-state index in [0.717, 1.165) is 5.56 Å². The summed E-state index contributed by atoms with van der Waals surface area (Å²) < 4.78 is 0. The van der Waals surface area contributed by atoms with E-state index >= 15 is 0 Å². The van der Waals surface area contributed by atoms with Crippen molar-refractivity contribution in [1.29, 1.82) is 0 Å². The number of halogens is 2. The Morgan fingerprint density at radius 3 is 2.75 bits per heavy atom. The number of aromatic nitrogens is 2. The van der Waals surface area contributed by atoms with E-state index in [9.17, 15) is 9.59 Å². The third-order valence-electron chi connectivity index (χ3n) is 4.03. The number of nitrogens with two attached hydrogens (primary N) is 1. The van der Waals surface area contributed by atoms with Gasteiger partial charge in [0.1, 0.15) is 11.4 Å². The van der Waals surface area contributed by atoms with Gasteiger partial charge >= 0.3 is 12.0 Å². The number of nitrogen functional groups attached to an aromatic ring is 1. The van der Waals surface area contributed by atoms with Crippen LogP contribution in [0.25, 0.3) is 0 Å². The number of nitrogens with zero attached hydrogens (tertiary/aromatic N) is 3. The van der Waals surface area contributed by atoms with Crippen LogP contribution in [0.3, 0.4) is 0 Å². The number of urea groups is 1. The number of benzene rings is 1. The molecule has 28 heavy (non-hydrogen) atoms. The Balaban J connectivity index is 0.00000280. The van der Waals surface area contributed by atoms with Crippen LogP contribution in [0.5, 0.6) is 0 Å². The highest BCUT2D eigenvalue weighted by Crippen LogP contribution is 2.24. The molecular formula is C17H20Cl2N6O3. The van der Waals surface area contributed by atoms with Gasteiger partial charge < -0.3 is 15.9 Å². The zero-order valence-electron chi connectivity index (χ0n) is 15.4. The second kappa shape index (κ2) is 8.07. The quantitative estimate of drug-likeness (QED) is 0.642. The predicted octanol–water partition coefficient (Wildman–Crippen LogP) is 2.93. The minimum absolute atomic E-state index is 0. The van der Waals surface area contributed by atoms with Crippen molar-refractivity contribution in [2.24, 2.45) is 0 Å². The molecule has 1 aliphatic heterocycles. The summed E-state index contributed by atoms with van der Waals surface area (Å²) in [6, 6.07) is 4.84. The van der Waals surface area contributed by atoms with E-state index in [1.54, 1.807) is 25.1 Å². The van der Waals surface area contributed by atoms with Gasteiger partial charge in [-0.25, -0.2) is 20.1 Å². The van der Waals surface area contributed by atoms with Crippen molar-refractivity contribution in [3.63, 3.8) is 0 Å². The molecule has 1 aromatic carbocycles. The number of carbonyl (C=O) groups excluding carboxylic acids is 2. The average Bonchev–Trinajstić information content (AvgIpc) is 2.88. The van der Waals surface area contributed by atoms with Crippen molar-refractivity contribution in [2.45, 2.75) is 26.3 Å². The van der Waals surface area contributed by atoms with Crippen LogP contribution >= 0.6 is 24.0 Å². The summed E-state index contributed by atoms with van der Waals surface area (Å²) in [4.78, 5) is 38.8. The summed E-state index contributed by atoms with van der Waals surface area (Å²) in [5.74, 6) is -0.734. The lowest BCUT2D eigenvalue weighted by Crippen LogP contribution is -2.36. The lowest BCUT2D eigenvalue weighted by Gasteiger charge is -2.17. The van der Waals surface area contributed by atoms with E-state index in [0.29, 0.717) is 17.3 Å². The lowest BCUT2D eigenvalue weighted by atomic mass is 10.1. The maximum absolute atomic E-state index is 12.3. The molecule has 9 nitrogen and oxygen atoms in total. The third kappa shape index (κ3) is 4.37. The van der Waals surface area contributed by atoms with Gasteiger partial charge in [-0.15, -0.1) is 12.4 Å². The maximum atomic E-state index is 12.3. The molecular weight excluding hydrogens is 407 g/mol. The van der Waals surface area contributed by atoms with E-state index in [1.807, 2.05) is 13.8 Å². The van der Waals surface area contributed by atoms with Crippen LogP contribution in [-0.4, -0.2) is 34.1 Å². The summed E-state index contributed by atoms with van der Waals surface area (Å²) in [6.07, 6.45) is 1.23. The fraction of sp³-hybridized carbons (Fsp3) is 0.294. The molecule has 0 radical (unpaired) electrons. The molecule has 150 valence electrons. The van der Waals surface area contributed by atoms with Crippen LogP contribution in [0.2, 0.25) is 5.02 Å². The molecule has 0 spiro atoms. The molecule has 2 aromatic rings. The zero-order valence-corrected chi connectivity index (χ0v) is 17.0. The summed E-state index contributed by atoms with van der Waals surface area (Å²) >= 11 is 6.03. The van der Waals surface area contributed by atoms with E-state index < -0.39 is 11.5 Å². The van der Waals surface area contributed by atoms with Crippen LogP contribution in [0.1, 0.15) is 29.8 Å². The van der Waals surface area contributed by atoms with Gasteiger partial charge in [-0.2, -0.15) is 4.98 Å². The van der Waals surface area contributed by atoms with Crippen molar-refractivity contribution in [1.82, 2.24) is 15.3 Å². The van der Waals surface area contributed by atoms with Crippen LogP contribution in [0.4, 0.5) is 22.2 Å². The summed E-state index contributed by atoms with van der Waals surface area (Å²) in [5.41, 5.74) is 9.25. The first-order valence-corrected chi connectivity index (χ1v) is 8.50. The summed E-state index contributed by atoms with van der Waals surface area (Å²) in [6.45, 7) is 5.92. The Labute approximate surface area is 173 Å². The molecule has 0 unspecified atom stereocenters. The van der Waals surface area contributed by atoms with Crippen molar-refractivity contribution in [3.8, 4) is 0 Å². The molecule has 1 fully saturated rings. The highest BCUT2D eigenvalue weighted by atomic mass is 35.5. The smallest absolute Gasteiger partial charge is 0.368 e. The Bertz CT molecular complexity index is 922. The van der Waals surface area contributed by atoms with Gasteiger partial charge in [0.2, 0.25) is 5.95 Å². The largest absolute Gasteiger partial charge is 0.383 e. The molecule has 1 aromatic heterocycles. The van der Waals surface area contributed by atoms with Gasteiger partial charge in [0.25, 0.3) is 0 Å². The summed E-state index contributed by atoms with van der Waals surface area (Å²) in [7, 11) is 0.